The van der Waals surface area contributed by atoms with E-state index in [1.807, 2.05) is 0 Å². The smallest absolute Gasteiger partial charge is 0.155 e. The molecule has 0 aromatic carbocycles. The molecule has 60 valence electrons. The van der Waals surface area contributed by atoms with E-state index >= 15 is 0 Å². The number of carbonyl (C=O) groups excluding carboxylic acids is 1. The molecule has 1 aromatic heterocycles. The van der Waals surface area contributed by atoms with Crippen LogP contribution in [0.15, 0.2) is 6.20 Å². The number of hydrogen-bond acceptors (Lipinski definition) is 4. The van der Waals surface area contributed by atoms with Crippen LogP contribution < -0.4 is 5.73 Å². The van der Waals surface area contributed by atoms with Crippen LogP contribution in [0.1, 0.15) is 10.4 Å². The van der Waals surface area contributed by atoms with E-state index in [0.29, 0.717) is 24.2 Å². The fourth-order valence-corrected chi connectivity index (χ4v) is 0.773. The second-order valence-electron chi connectivity index (χ2n) is 2.05. The van der Waals surface area contributed by atoms with Gasteiger partial charge in [-0.15, -0.1) is 0 Å². The maximum Gasteiger partial charge on any atom is 0.155 e. The van der Waals surface area contributed by atoms with Crippen LogP contribution >= 0.6 is 0 Å². The van der Waals surface area contributed by atoms with Crippen LogP contribution in [0.3, 0.4) is 0 Å². The lowest BCUT2D eigenvalue weighted by molar-refractivity contribution is 0.112. The van der Waals surface area contributed by atoms with Gasteiger partial charge in [-0.3, -0.25) is 4.79 Å². The number of rotatable bonds is 3. The summed E-state index contributed by atoms with van der Waals surface area (Å²) >= 11 is 0. The van der Waals surface area contributed by atoms with Gasteiger partial charge in [-0.05, 0) is 0 Å². The first-order chi connectivity index (χ1) is 5.29. The van der Waals surface area contributed by atoms with E-state index in [0.717, 1.165) is 0 Å². The second kappa shape index (κ2) is 3.16. The Morgan fingerprint density at radius 2 is 2.55 bits per heavy atom. The Hall–Kier alpha value is -1.36. The van der Waals surface area contributed by atoms with Crippen molar-refractivity contribution in [2.45, 2.75) is 6.54 Å². The molecule has 0 saturated carbocycles. The van der Waals surface area contributed by atoms with Gasteiger partial charge < -0.3 is 10.8 Å². The summed E-state index contributed by atoms with van der Waals surface area (Å²) in [7, 11) is 0. The zero-order valence-corrected chi connectivity index (χ0v) is 5.90. The Labute approximate surface area is 63.4 Å². The number of aromatic nitrogens is 2. The number of aldehydes is 1. The molecule has 0 spiro atoms. The molecule has 5 nitrogen and oxygen atoms in total. The molecule has 0 fully saturated rings. The molecule has 0 saturated heterocycles. The summed E-state index contributed by atoms with van der Waals surface area (Å²) < 4.78 is 1.38. The number of hydrogen-bond donors (Lipinski definition) is 2. The first kappa shape index (κ1) is 7.74. The molecule has 1 rings (SSSR count). The number of aliphatic hydroxyl groups is 1. The van der Waals surface area contributed by atoms with Gasteiger partial charge in [-0.1, -0.05) is 0 Å². The van der Waals surface area contributed by atoms with E-state index in [9.17, 15) is 4.79 Å². The third-order valence-corrected chi connectivity index (χ3v) is 1.35. The van der Waals surface area contributed by atoms with Crippen molar-refractivity contribution in [2.75, 3.05) is 12.3 Å². The number of nitrogen functional groups attached to an aromatic ring is 1. The monoisotopic (exact) mass is 155 g/mol. The molecule has 0 aliphatic heterocycles. The lowest BCUT2D eigenvalue weighted by Gasteiger charge is -1.99. The average molecular weight is 155 g/mol. The molecule has 3 N–H and O–H groups in total. The molecule has 11 heavy (non-hydrogen) atoms. The minimum Gasteiger partial charge on any atom is -0.394 e. The Kier molecular flexibility index (Phi) is 2.22. The summed E-state index contributed by atoms with van der Waals surface area (Å²) in [5.74, 6) is 0.300. The van der Waals surface area contributed by atoms with Crippen molar-refractivity contribution in [3.8, 4) is 0 Å². The maximum absolute atomic E-state index is 10.2. The van der Waals surface area contributed by atoms with Crippen LogP contribution in [0.25, 0.3) is 0 Å². The van der Waals surface area contributed by atoms with E-state index in [1.165, 1.54) is 10.9 Å². The van der Waals surface area contributed by atoms with Crippen LogP contribution in [-0.4, -0.2) is 27.8 Å². The summed E-state index contributed by atoms with van der Waals surface area (Å²) in [5.41, 5.74) is 5.82. The van der Waals surface area contributed by atoms with E-state index in [2.05, 4.69) is 5.10 Å². The number of nitrogens with two attached hydrogens (primary N) is 1. The van der Waals surface area contributed by atoms with Gasteiger partial charge in [0.15, 0.2) is 6.29 Å². The van der Waals surface area contributed by atoms with Crippen molar-refractivity contribution in [3.05, 3.63) is 11.8 Å². The van der Waals surface area contributed by atoms with Crippen LogP contribution in [0, 0.1) is 0 Å². The van der Waals surface area contributed by atoms with Crippen LogP contribution in [0.4, 0.5) is 5.82 Å². The van der Waals surface area contributed by atoms with Gasteiger partial charge in [0, 0.05) is 0 Å². The zero-order valence-electron chi connectivity index (χ0n) is 5.90. The van der Waals surface area contributed by atoms with Gasteiger partial charge in [0.1, 0.15) is 5.82 Å². The standard InChI is InChI=1S/C6H9N3O2/c7-6-5(4-11)3-8-9(6)1-2-10/h3-4,10H,1-2,7H2. The lowest BCUT2D eigenvalue weighted by atomic mass is 10.4. The second-order valence-corrected chi connectivity index (χ2v) is 2.05. The van der Waals surface area contributed by atoms with Gasteiger partial charge in [0.05, 0.1) is 24.9 Å². The molecule has 0 amide bonds. The summed E-state index contributed by atoms with van der Waals surface area (Å²) in [5, 5.41) is 12.3. The molecule has 0 radical (unpaired) electrons. The van der Waals surface area contributed by atoms with Crippen molar-refractivity contribution in [1.29, 1.82) is 0 Å². The van der Waals surface area contributed by atoms with E-state index < -0.39 is 0 Å². The largest absolute Gasteiger partial charge is 0.394 e. The summed E-state index contributed by atoms with van der Waals surface area (Å²) in [6.07, 6.45) is 2.01. The molecule has 0 aliphatic rings. The molecule has 0 atom stereocenters. The number of anilines is 1. The van der Waals surface area contributed by atoms with Crippen molar-refractivity contribution >= 4 is 12.1 Å². The highest BCUT2D eigenvalue weighted by Crippen LogP contribution is 2.06. The van der Waals surface area contributed by atoms with Crippen LogP contribution in [0.2, 0.25) is 0 Å². The summed E-state index contributed by atoms with van der Waals surface area (Å²) in [6.45, 7) is 0.282. The predicted octanol–water partition coefficient (Wildman–Crippen LogP) is -0.730. The van der Waals surface area contributed by atoms with Crippen molar-refractivity contribution < 1.29 is 9.90 Å². The SMILES string of the molecule is Nc1c(C=O)cnn1CCO. The molecule has 1 aromatic rings. The molecule has 0 bridgehead atoms. The van der Waals surface area contributed by atoms with E-state index in [-0.39, 0.29) is 6.61 Å². The van der Waals surface area contributed by atoms with Crippen molar-refractivity contribution in [1.82, 2.24) is 9.78 Å². The third-order valence-electron chi connectivity index (χ3n) is 1.35. The Balaban J connectivity index is 2.90. The van der Waals surface area contributed by atoms with E-state index in [1.54, 1.807) is 0 Å². The van der Waals surface area contributed by atoms with Gasteiger partial charge in [-0.2, -0.15) is 5.10 Å². The lowest BCUT2D eigenvalue weighted by Crippen LogP contribution is -2.07. The fraction of sp³-hybridized carbons (Fsp3) is 0.333. The van der Waals surface area contributed by atoms with Gasteiger partial charge in [0.2, 0.25) is 0 Å². The Bertz CT molecular complexity index is 256. The molecular formula is C6H9N3O2. The van der Waals surface area contributed by atoms with Gasteiger partial charge in [0.25, 0.3) is 0 Å². The Morgan fingerprint density at radius 1 is 1.82 bits per heavy atom. The van der Waals surface area contributed by atoms with E-state index in [4.69, 9.17) is 10.8 Å². The molecular weight excluding hydrogens is 146 g/mol. The number of carbonyl (C=O) groups is 1. The number of aliphatic hydroxyl groups excluding tert-OH is 1. The molecule has 5 heteroatoms. The van der Waals surface area contributed by atoms with Crippen molar-refractivity contribution in [3.63, 3.8) is 0 Å². The normalized spacial score (nSPS) is 9.91. The topological polar surface area (TPSA) is 81.1 Å². The minimum absolute atomic E-state index is 0.0375. The highest BCUT2D eigenvalue weighted by atomic mass is 16.3. The first-order valence-electron chi connectivity index (χ1n) is 3.17. The Morgan fingerprint density at radius 3 is 3.00 bits per heavy atom. The van der Waals surface area contributed by atoms with Gasteiger partial charge in [-0.25, -0.2) is 4.68 Å². The number of nitrogens with zero attached hydrogens (tertiary/aromatic N) is 2. The van der Waals surface area contributed by atoms with Crippen molar-refractivity contribution in [2.24, 2.45) is 0 Å². The van der Waals surface area contributed by atoms with Gasteiger partial charge >= 0.3 is 0 Å². The summed E-state index contributed by atoms with van der Waals surface area (Å²) in [4.78, 5) is 10.2. The quantitative estimate of drug-likeness (QED) is 0.564. The molecule has 0 unspecified atom stereocenters. The fourth-order valence-electron chi connectivity index (χ4n) is 0.773. The highest BCUT2D eigenvalue weighted by molar-refractivity contribution is 5.81. The molecule has 0 aliphatic carbocycles. The van der Waals surface area contributed by atoms with Crippen LogP contribution in [-0.2, 0) is 6.54 Å². The minimum atomic E-state index is -0.0375. The summed E-state index contributed by atoms with van der Waals surface area (Å²) in [6, 6.07) is 0. The maximum atomic E-state index is 10.2. The highest BCUT2D eigenvalue weighted by Gasteiger charge is 2.04. The first-order valence-corrected chi connectivity index (χ1v) is 3.17. The molecule has 1 heterocycles. The zero-order chi connectivity index (χ0) is 8.27. The third kappa shape index (κ3) is 1.38. The predicted molar refractivity (Wildman–Crippen MR) is 39.1 cm³/mol. The van der Waals surface area contributed by atoms with Crippen LogP contribution in [0.5, 0.6) is 0 Å². The average Bonchev–Trinajstić information content (AvgIpc) is 2.34.